The highest BCUT2D eigenvalue weighted by Crippen LogP contribution is 2.17. The van der Waals surface area contributed by atoms with Gasteiger partial charge in [-0.2, -0.15) is 0 Å². The highest BCUT2D eigenvalue weighted by molar-refractivity contribution is 5.71. The minimum atomic E-state index is -0.795. The minimum Gasteiger partial charge on any atom is -0.462 e. The van der Waals surface area contributed by atoms with Gasteiger partial charge in [-0.05, 0) is 109 Å². The molecule has 0 bridgehead atoms. The van der Waals surface area contributed by atoms with Crippen LogP contribution in [0.1, 0.15) is 342 Å². The molecule has 0 N–H and O–H groups in total. The van der Waals surface area contributed by atoms with E-state index in [1.165, 1.54) is 231 Å². The van der Waals surface area contributed by atoms with Crippen LogP contribution in [0.4, 0.5) is 0 Å². The molecule has 0 radical (unpaired) electrons. The Kier molecular flexibility index (Phi) is 61.2. The minimum absolute atomic E-state index is 0.0879. The first-order chi connectivity index (χ1) is 37.0. The summed E-state index contributed by atoms with van der Waals surface area (Å²) in [5.41, 5.74) is 0. The second kappa shape index (κ2) is 63.6. The molecular formula is C69H124O6. The van der Waals surface area contributed by atoms with Crippen molar-refractivity contribution in [3.63, 3.8) is 0 Å². The standard InChI is InChI=1S/C69H124O6/c1-4-7-10-13-16-19-22-25-28-30-32-34-36-38-41-43-46-49-52-55-58-61-67(70)73-64-66(75-69(72)63-60-57-54-51-48-45-40-27-24-21-18-15-12-9-6-3)65-74-68(71)62-59-56-53-50-47-44-42-39-37-35-33-31-29-26-23-20-17-14-11-8-5-2/h18,21,25-29,40,48,51,66H,4-17,19-20,22-24,30-39,41-47,49-50,52-65H2,1-3H3/b21-18-,28-25-,29-26-,40-27-,51-48-. The molecule has 0 amide bonds. The summed E-state index contributed by atoms with van der Waals surface area (Å²) in [6.45, 7) is 6.62. The fraction of sp³-hybridized carbons (Fsp3) is 0.812. The lowest BCUT2D eigenvalue weighted by molar-refractivity contribution is -0.167. The van der Waals surface area contributed by atoms with Crippen molar-refractivity contribution in [2.45, 2.75) is 348 Å². The summed E-state index contributed by atoms with van der Waals surface area (Å²) in [6, 6.07) is 0. The fourth-order valence-electron chi connectivity index (χ4n) is 9.50. The SMILES string of the molecule is CCCCC/C=C\C/C=C\C/C=C\CCCCC(=O)OC(COC(=O)CCCCCCCCCCCCC/C=C\CCCCCCCC)COC(=O)CCCCCCCCCCCCC/C=C\CCCCCCCC. The van der Waals surface area contributed by atoms with E-state index < -0.39 is 6.10 Å². The zero-order chi connectivity index (χ0) is 54.3. The molecule has 6 heteroatoms. The van der Waals surface area contributed by atoms with Crippen LogP contribution in [0.3, 0.4) is 0 Å². The van der Waals surface area contributed by atoms with Crippen molar-refractivity contribution in [2.75, 3.05) is 13.2 Å². The van der Waals surface area contributed by atoms with Gasteiger partial charge in [-0.15, -0.1) is 0 Å². The molecule has 0 spiro atoms. The van der Waals surface area contributed by atoms with Crippen LogP contribution in [0.2, 0.25) is 0 Å². The Morgan fingerprint density at radius 1 is 0.267 bits per heavy atom. The Morgan fingerprint density at radius 3 is 0.813 bits per heavy atom. The van der Waals surface area contributed by atoms with Gasteiger partial charge in [0.15, 0.2) is 6.10 Å². The van der Waals surface area contributed by atoms with E-state index in [-0.39, 0.29) is 37.5 Å². The molecule has 0 atom stereocenters. The topological polar surface area (TPSA) is 78.9 Å². The van der Waals surface area contributed by atoms with Crippen LogP contribution in [0.15, 0.2) is 60.8 Å². The largest absolute Gasteiger partial charge is 0.462 e. The molecule has 0 fully saturated rings. The molecule has 0 unspecified atom stereocenters. The highest BCUT2D eigenvalue weighted by Gasteiger charge is 2.19. The van der Waals surface area contributed by atoms with Crippen molar-refractivity contribution in [1.82, 2.24) is 0 Å². The number of ether oxygens (including phenoxy) is 3. The summed E-state index contributed by atoms with van der Waals surface area (Å²) in [7, 11) is 0. The van der Waals surface area contributed by atoms with E-state index >= 15 is 0 Å². The van der Waals surface area contributed by atoms with E-state index in [9.17, 15) is 14.4 Å². The van der Waals surface area contributed by atoms with Gasteiger partial charge in [-0.3, -0.25) is 14.4 Å². The Hall–Kier alpha value is -2.89. The van der Waals surface area contributed by atoms with Crippen LogP contribution in [0.5, 0.6) is 0 Å². The van der Waals surface area contributed by atoms with Crippen molar-refractivity contribution in [3.8, 4) is 0 Å². The van der Waals surface area contributed by atoms with Crippen molar-refractivity contribution in [3.05, 3.63) is 60.8 Å². The third-order valence-corrected chi connectivity index (χ3v) is 14.5. The highest BCUT2D eigenvalue weighted by atomic mass is 16.6. The Labute approximate surface area is 466 Å². The van der Waals surface area contributed by atoms with Crippen molar-refractivity contribution in [2.24, 2.45) is 0 Å². The number of rotatable bonds is 60. The van der Waals surface area contributed by atoms with Crippen LogP contribution in [-0.2, 0) is 28.6 Å². The second-order valence-corrected chi connectivity index (χ2v) is 22.0. The summed E-state index contributed by atoms with van der Waals surface area (Å²) in [4.78, 5) is 38.3. The molecule has 0 saturated heterocycles. The van der Waals surface area contributed by atoms with Gasteiger partial charge in [0.2, 0.25) is 0 Å². The molecule has 0 aliphatic heterocycles. The van der Waals surface area contributed by atoms with Crippen LogP contribution >= 0.6 is 0 Å². The third kappa shape index (κ3) is 61.8. The quantitative estimate of drug-likeness (QED) is 0.0261. The summed E-state index contributed by atoms with van der Waals surface area (Å²) >= 11 is 0. The summed E-state index contributed by atoms with van der Waals surface area (Å²) < 4.78 is 16.9. The van der Waals surface area contributed by atoms with Gasteiger partial charge in [0, 0.05) is 19.3 Å². The summed E-state index contributed by atoms with van der Waals surface area (Å²) in [5.74, 6) is -0.910. The summed E-state index contributed by atoms with van der Waals surface area (Å²) in [6.07, 6.45) is 80.9. The second-order valence-electron chi connectivity index (χ2n) is 22.0. The van der Waals surface area contributed by atoms with Crippen molar-refractivity contribution in [1.29, 1.82) is 0 Å². The van der Waals surface area contributed by atoms with Crippen molar-refractivity contribution >= 4 is 17.9 Å². The van der Waals surface area contributed by atoms with E-state index in [0.717, 1.165) is 64.2 Å². The van der Waals surface area contributed by atoms with Crippen LogP contribution in [-0.4, -0.2) is 37.2 Å². The molecule has 0 aromatic rings. The van der Waals surface area contributed by atoms with Gasteiger partial charge in [-0.1, -0.05) is 274 Å². The smallest absolute Gasteiger partial charge is 0.306 e. The van der Waals surface area contributed by atoms with Gasteiger partial charge < -0.3 is 14.2 Å². The zero-order valence-corrected chi connectivity index (χ0v) is 50.1. The zero-order valence-electron chi connectivity index (χ0n) is 50.1. The van der Waals surface area contributed by atoms with E-state index in [1.807, 2.05) is 0 Å². The normalized spacial score (nSPS) is 12.1. The molecule has 6 nitrogen and oxygen atoms in total. The Bertz CT molecular complexity index is 1280. The average Bonchev–Trinajstić information content (AvgIpc) is 3.41. The lowest BCUT2D eigenvalue weighted by atomic mass is 10.0. The molecule has 0 heterocycles. The van der Waals surface area contributed by atoms with E-state index in [4.69, 9.17) is 14.2 Å². The maximum absolute atomic E-state index is 12.9. The first-order valence-corrected chi connectivity index (χ1v) is 32.8. The number of esters is 3. The van der Waals surface area contributed by atoms with E-state index in [1.54, 1.807) is 0 Å². The van der Waals surface area contributed by atoms with Gasteiger partial charge >= 0.3 is 17.9 Å². The van der Waals surface area contributed by atoms with Gasteiger partial charge in [0.05, 0.1) is 0 Å². The van der Waals surface area contributed by atoms with E-state index in [2.05, 4.69) is 81.5 Å². The predicted molar refractivity (Wildman–Crippen MR) is 325 cm³/mol. The predicted octanol–water partition coefficient (Wildman–Crippen LogP) is 22.3. The van der Waals surface area contributed by atoms with E-state index in [0.29, 0.717) is 19.3 Å². The number of carbonyl (C=O) groups is 3. The maximum Gasteiger partial charge on any atom is 0.306 e. The number of carbonyl (C=O) groups excluding carboxylic acids is 3. The average molecular weight is 1050 g/mol. The monoisotopic (exact) mass is 1050 g/mol. The summed E-state index contributed by atoms with van der Waals surface area (Å²) in [5, 5.41) is 0. The first-order valence-electron chi connectivity index (χ1n) is 32.8. The van der Waals surface area contributed by atoms with Crippen molar-refractivity contribution < 1.29 is 28.6 Å². The number of unbranched alkanes of at least 4 members (excludes halogenated alkanes) is 39. The van der Waals surface area contributed by atoms with Crippen LogP contribution in [0, 0.1) is 0 Å². The van der Waals surface area contributed by atoms with Gasteiger partial charge in [0.1, 0.15) is 13.2 Å². The third-order valence-electron chi connectivity index (χ3n) is 14.5. The molecule has 75 heavy (non-hydrogen) atoms. The Balaban J connectivity index is 4.34. The molecule has 0 aromatic heterocycles. The van der Waals surface area contributed by atoms with Crippen LogP contribution in [0.25, 0.3) is 0 Å². The number of allylic oxidation sites excluding steroid dienone is 10. The molecule has 0 aromatic carbocycles. The molecule has 436 valence electrons. The molecule has 0 aliphatic rings. The first kappa shape index (κ1) is 72.1. The number of hydrogen-bond acceptors (Lipinski definition) is 6. The Morgan fingerprint density at radius 2 is 0.480 bits per heavy atom. The molecule has 0 saturated carbocycles. The maximum atomic E-state index is 12.9. The lowest BCUT2D eigenvalue weighted by Gasteiger charge is -2.18. The molecule has 0 aliphatic carbocycles. The van der Waals surface area contributed by atoms with Gasteiger partial charge in [0.25, 0.3) is 0 Å². The molecule has 0 rings (SSSR count). The fourth-order valence-corrected chi connectivity index (χ4v) is 9.50. The lowest BCUT2D eigenvalue weighted by Crippen LogP contribution is -2.30. The number of hydrogen-bond donors (Lipinski definition) is 0. The molecular weight excluding hydrogens is 925 g/mol. The van der Waals surface area contributed by atoms with Gasteiger partial charge in [-0.25, -0.2) is 0 Å². The van der Waals surface area contributed by atoms with Crippen LogP contribution < -0.4 is 0 Å².